The maximum atomic E-state index is 11.9. The van der Waals surface area contributed by atoms with Crippen LogP contribution >= 0.6 is 0 Å². The molecule has 27 heavy (non-hydrogen) atoms. The van der Waals surface area contributed by atoms with Crippen molar-refractivity contribution in [2.24, 2.45) is 11.7 Å². The number of ether oxygens (including phenoxy) is 1. The van der Waals surface area contributed by atoms with Crippen molar-refractivity contribution in [1.82, 2.24) is 10.6 Å². The second kappa shape index (κ2) is 12.7. The molecule has 0 aliphatic rings. The highest BCUT2D eigenvalue weighted by Crippen LogP contribution is 2.08. The summed E-state index contributed by atoms with van der Waals surface area (Å²) >= 11 is 0. The van der Waals surface area contributed by atoms with Gasteiger partial charge < -0.3 is 21.1 Å². The van der Waals surface area contributed by atoms with Crippen LogP contribution in [0.4, 0.5) is 4.79 Å². The Morgan fingerprint density at radius 2 is 1.81 bits per heavy atom. The first kappa shape index (κ1) is 22.5. The van der Waals surface area contributed by atoms with E-state index in [0.717, 1.165) is 24.8 Å². The van der Waals surface area contributed by atoms with Crippen LogP contribution in [0, 0.1) is 5.92 Å². The Labute approximate surface area is 161 Å². The number of hydrogen-bond donors (Lipinski definition) is 3. The molecule has 7 nitrogen and oxygen atoms in total. The molecule has 0 spiro atoms. The highest BCUT2D eigenvalue weighted by molar-refractivity contribution is 5.86. The van der Waals surface area contributed by atoms with E-state index in [-0.39, 0.29) is 18.4 Å². The van der Waals surface area contributed by atoms with Crippen LogP contribution in [0.5, 0.6) is 0 Å². The molecule has 0 fully saturated rings. The predicted molar refractivity (Wildman–Crippen MR) is 104 cm³/mol. The maximum absolute atomic E-state index is 11.9. The topological polar surface area (TPSA) is 111 Å². The van der Waals surface area contributed by atoms with Gasteiger partial charge >= 0.3 is 6.09 Å². The van der Waals surface area contributed by atoms with Gasteiger partial charge in [-0.15, -0.1) is 0 Å². The van der Waals surface area contributed by atoms with Gasteiger partial charge in [-0.25, -0.2) is 4.79 Å². The number of hydrogen-bond acceptors (Lipinski definition) is 4. The average molecular weight is 377 g/mol. The van der Waals surface area contributed by atoms with Crippen molar-refractivity contribution in [1.29, 1.82) is 0 Å². The van der Waals surface area contributed by atoms with Crippen molar-refractivity contribution >= 4 is 17.9 Å². The van der Waals surface area contributed by atoms with E-state index in [9.17, 15) is 14.4 Å². The lowest BCUT2D eigenvalue weighted by atomic mass is 9.98. The van der Waals surface area contributed by atoms with Crippen molar-refractivity contribution in [3.05, 3.63) is 35.9 Å². The fraction of sp³-hybridized carbons (Fsp3) is 0.550. The van der Waals surface area contributed by atoms with Crippen LogP contribution in [0.2, 0.25) is 0 Å². The number of amides is 3. The average Bonchev–Trinajstić information content (AvgIpc) is 2.67. The summed E-state index contributed by atoms with van der Waals surface area (Å²) in [5, 5.41) is 5.39. The van der Waals surface area contributed by atoms with Gasteiger partial charge in [-0.2, -0.15) is 0 Å². The number of primary amides is 1. The number of benzene rings is 1. The lowest BCUT2D eigenvalue weighted by molar-refractivity contribution is -0.128. The first-order valence-electron chi connectivity index (χ1n) is 9.47. The van der Waals surface area contributed by atoms with E-state index in [1.54, 1.807) is 0 Å². The van der Waals surface area contributed by atoms with Crippen molar-refractivity contribution in [3.8, 4) is 0 Å². The minimum Gasteiger partial charge on any atom is -0.445 e. The minimum absolute atomic E-state index is 0.0116. The first-order valence-corrected chi connectivity index (χ1v) is 9.47. The highest BCUT2D eigenvalue weighted by Gasteiger charge is 2.23. The minimum atomic E-state index is -0.622. The third kappa shape index (κ3) is 9.63. The van der Waals surface area contributed by atoms with E-state index >= 15 is 0 Å². The Balaban J connectivity index is 2.09. The SMILES string of the molecule is CC[C@H](C)[C@@H](NC(=O)CCCCCNC(=O)OCc1ccccc1)C(N)=O. The third-order valence-electron chi connectivity index (χ3n) is 4.40. The zero-order chi connectivity index (χ0) is 20.1. The molecule has 1 aromatic rings. The Hall–Kier alpha value is -2.57. The molecule has 0 saturated carbocycles. The van der Waals surface area contributed by atoms with Gasteiger partial charge in [0.2, 0.25) is 11.8 Å². The molecule has 0 aliphatic heterocycles. The number of carbonyl (C=O) groups is 3. The van der Waals surface area contributed by atoms with E-state index in [2.05, 4.69) is 10.6 Å². The van der Waals surface area contributed by atoms with Crippen LogP contribution in [0.3, 0.4) is 0 Å². The molecule has 7 heteroatoms. The summed E-state index contributed by atoms with van der Waals surface area (Å²) in [4.78, 5) is 34.9. The van der Waals surface area contributed by atoms with Gasteiger partial charge in [0.1, 0.15) is 12.6 Å². The van der Waals surface area contributed by atoms with Crippen LogP contribution in [0.25, 0.3) is 0 Å². The third-order valence-corrected chi connectivity index (χ3v) is 4.40. The zero-order valence-electron chi connectivity index (χ0n) is 16.2. The standard InChI is InChI=1S/C20H31N3O4/c1-3-15(2)18(19(21)25)23-17(24)12-8-5-9-13-22-20(26)27-14-16-10-6-4-7-11-16/h4,6-7,10-11,15,18H,3,5,8-9,12-14H2,1-2H3,(H2,21,25)(H,22,26)(H,23,24)/t15-,18+/m0/s1. The Bertz CT molecular complexity index is 592. The largest absolute Gasteiger partial charge is 0.445 e. The van der Waals surface area contributed by atoms with Crippen LogP contribution in [0.1, 0.15) is 51.5 Å². The number of carbonyl (C=O) groups excluding carboxylic acids is 3. The quantitative estimate of drug-likeness (QED) is 0.486. The van der Waals surface area contributed by atoms with Crippen LogP contribution in [-0.2, 0) is 20.9 Å². The molecule has 1 aromatic carbocycles. The van der Waals surface area contributed by atoms with Crippen LogP contribution < -0.4 is 16.4 Å². The molecule has 0 radical (unpaired) electrons. The van der Waals surface area contributed by atoms with Gasteiger partial charge in [-0.1, -0.05) is 57.0 Å². The van der Waals surface area contributed by atoms with Crippen molar-refractivity contribution in [2.45, 2.75) is 58.6 Å². The summed E-state index contributed by atoms with van der Waals surface area (Å²) in [5.74, 6) is -0.664. The molecule has 150 valence electrons. The number of nitrogens with two attached hydrogens (primary N) is 1. The molecule has 0 unspecified atom stereocenters. The van der Waals surface area contributed by atoms with Gasteiger partial charge in [0.15, 0.2) is 0 Å². The van der Waals surface area contributed by atoms with Crippen molar-refractivity contribution in [3.63, 3.8) is 0 Å². The van der Waals surface area contributed by atoms with Gasteiger partial charge in [-0.3, -0.25) is 9.59 Å². The molecule has 0 aliphatic carbocycles. The molecule has 2 atom stereocenters. The summed E-state index contributed by atoms with van der Waals surface area (Å²) in [6.45, 7) is 4.57. The lowest BCUT2D eigenvalue weighted by Gasteiger charge is -2.21. The molecule has 0 heterocycles. The normalized spacial score (nSPS) is 12.7. The Morgan fingerprint density at radius 1 is 1.11 bits per heavy atom. The van der Waals surface area contributed by atoms with Crippen molar-refractivity contribution in [2.75, 3.05) is 6.54 Å². The molecule has 0 saturated heterocycles. The molecule has 4 N–H and O–H groups in total. The van der Waals surface area contributed by atoms with E-state index in [0.29, 0.717) is 19.4 Å². The summed E-state index contributed by atoms with van der Waals surface area (Å²) in [6.07, 6.45) is 2.86. The molecule has 3 amide bonds. The monoisotopic (exact) mass is 377 g/mol. The summed E-state index contributed by atoms with van der Waals surface area (Å²) < 4.78 is 5.11. The van der Waals surface area contributed by atoms with Crippen LogP contribution in [-0.4, -0.2) is 30.5 Å². The summed E-state index contributed by atoms with van der Waals surface area (Å²) in [7, 11) is 0. The Morgan fingerprint density at radius 3 is 2.44 bits per heavy atom. The van der Waals surface area contributed by atoms with E-state index < -0.39 is 18.0 Å². The zero-order valence-corrected chi connectivity index (χ0v) is 16.2. The van der Waals surface area contributed by atoms with E-state index in [1.165, 1.54) is 0 Å². The number of rotatable bonds is 12. The first-order chi connectivity index (χ1) is 12.9. The summed E-state index contributed by atoms with van der Waals surface area (Å²) in [6, 6.07) is 8.85. The number of alkyl carbamates (subject to hydrolysis) is 1. The molecular weight excluding hydrogens is 346 g/mol. The van der Waals surface area contributed by atoms with E-state index in [1.807, 2.05) is 44.2 Å². The smallest absolute Gasteiger partial charge is 0.407 e. The maximum Gasteiger partial charge on any atom is 0.407 e. The summed E-state index contributed by atoms with van der Waals surface area (Å²) in [5.41, 5.74) is 6.28. The predicted octanol–water partition coefficient (Wildman–Crippen LogP) is 2.49. The van der Waals surface area contributed by atoms with Gasteiger partial charge in [0.05, 0.1) is 0 Å². The second-order valence-electron chi connectivity index (χ2n) is 6.63. The fourth-order valence-corrected chi connectivity index (χ4v) is 2.53. The van der Waals surface area contributed by atoms with Gasteiger partial charge in [0.25, 0.3) is 0 Å². The fourth-order valence-electron chi connectivity index (χ4n) is 2.53. The Kier molecular flexibility index (Phi) is 10.6. The molecule has 1 rings (SSSR count). The lowest BCUT2D eigenvalue weighted by Crippen LogP contribution is -2.48. The van der Waals surface area contributed by atoms with E-state index in [4.69, 9.17) is 10.5 Å². The van der Waals surface area contributed by atoms with Gasteiger partial charge in [0, 0.05) is 13.0 Å². The van der Waals surface area contributed by atoms with Crippen LogP contribution in [0.15, 0.2) is 30.3 Å². The number of nitrogens with one attached hydrogen (secondary N) is 2. The molecule has 0 bridgehead atoms. The molecular formula is C20H31N3O4. The highest BCUT2D eigenvalue weighted by atomic mass is 16.5. The number of unbranched alkanes of at least 4 members (excludes halogenated alkanes) is 2. The van der Waals surface area contributed by atoms with Crippen molar-refractivity contribution < 1.29 is 19.1 Å². The molecule has 0 aromatic heterocycles. The second-order valence-corrected chi connectivity index (χ2v) is 6.63. The van der Waals surface area contributed by atoms with Gasteiger partial charge in [-0.05, 0) is 24.3 Å².